The van der Waals surface area contributed by atoms with Crippen LogP contribution >= 0.6 is 0 Å². The maximum atomic E-state index is 9.69. The van der Waals surface area contributed by atoms with Gasteiger partial charge in [-0.05, 0) is 42.7 Å². The number of aliphatic hydroxyl groups excluding tert-OH is 1. The Morgan fingerprint density at radius 1 is 1.11 bits per heavy atom. The minimum absolute atomic E-state index is 0.267. The van der Waals surface area contributed by atoms with E-state index in [0.29, 0.717) is 18.3 Å². The van der Waals surface area contributed by atoms with Gasteiger partial charge in [0.1, 0.15) is 12.4 Å². The second-order valence-corrected chi connectivity index (χ2v) is 6.70. The van der Waals surface area contributed by atoms with Gasteiger partial charge in [0.25, 0.3) is 0 Å². The van der Waals surface area contributed by atoms with Crippen LogP contribution in [0.15, 0.2) is 66.5 Å². The molecule has 136 valence electrons. The van der Waals surface area contributed by atoms with Crippen LogP contribution in [-0.4, -0.2) is 26.7 Å². The fourth-order valence-electron chi connectivity index (χ4n) is 2.99. The molecule has 1 N–H and O–H groups in total. The van der Waals surface area contributed by atoms with Crippen molar-refractivity contribution in [2.45, 2.75) is 25.9 Å². The highest BCUT2D eigenvalue weighted by Crippen LogP contribution is 2.38. The topological polar surface area (TPSA) is 68.1 Å². The number of aromatic nitrogens is 3. The lowest BCUT2D eigenvalue weighted by Crippen LogP contribution is -2.03. The Bertz CT molecular complexity index is 967. The van der Waals surface area contributed by atoms with E-state index in [-0.39, 0.29) is 5.92 Å². The number of rotatable bonds is 6. The lowest BCUT2D eigenvalue weighted by molar-refractivity contribution is 0.199. The predicted octanol–water partition coefficient (Wildman–Crippen LogP) is 4.00. The van der Waals surface area contributed by atoms with Crippen LogP contribution < -0.4 is 4.74 Å². The van der Waals surface area contributed by atoms with Gasteiger partial charge in [-0.1, -0.05) is 36.4 Å². The van der Waals surface area contributed by atoms with Crippen molar-refractivity contribution in [1.82, 2.24) is 15.0 Å². The summed E-state index contributed by atoms with van der Waals surface area (Å²) in [7, 11) is 0. The smallest absolute Gasteiger partial charge is 0.225 e. The van der Waals surface area contributed by atoms with E-state index in [1.54, 1.807) is 13.1 Å². The van der Waals surface area contributed by atoms with Crippen molar-refractivity contribution in [3.63, 3.8) is 0 Å². The molecular weight excluding hydrogens is 338 g/mol. The Kier molecular flexibility index (Phi) is 4.69. The monoisotopic (exact) mass is 359 g/mol. The van der Waals surface area contributed by atoms with Gasteiger partial charge < -0.3 is 9.84 Å². The zero-order valence-corrected chi connectivity index (χ0v) is 15.3. The number of hydrogen-bond donors (Lipinski definition) is 1. The molecule has 5 heteroatoms. The molecule has 0 saturated carbocycles. The summed E-state index contributed by atoms with van der Waals surface area (Å²) in [5.41, 5.74) is 4.92. The van der Waals surface area contributed by atoms with Gasteiger partial charge in [0.15, 0.2) is 0 Å². The SMILES string of the molecule is Cc1ncc(-c2ccc(C(C)O)cc2)c(OCC2=C[C@@H]2c2ccccn2)n1. The average molecular weight is 359 g/mol. The Balaban J connectivity index is 1.50. The van der Waals surface area contributed by atoms with E-state index in [1.807, 2.05) is 55.6 Å². The van der Waals surface area contributed by atoms with E-state index in [9.17, 15) is 5.11 Å². The zero-order chi connectivity index (χ0) is 18.8. The van der Waals surface area contributed by atoms with Crippen molar-refractivity contribution >= 4 is 0 Å². The van der Waals surface area contributed by atoms with Crippen LogP contribution in [0.1, 0.15) is 36.0 Å². The van der Waals surface area contributed by atoms with Gasteiger partial charge in [-0.25, -0.2) is 4.98 Å². The van der Waals surface area contributed by atoms with Gasteiger partial charge in [0, 0.05) is 18.3 Å². The molecule has 0 spiro atoms. The van der Waals surface area contributed by atoms with Crippen LogP contribution in [0.3, 0.4) is 0 Å². The molecule has 5 nitrogen and oxygen atoms in total. The number of benzene rings is 1. The molecule has 2 heterocycles. The molecular formula is C22H21N3O2. The predicted molar refractivity (Wildman–Crippen MR) is 103 cm³/mol. The largest absolute Gasteiger partial charge is 0.473 e. The molecule has 1 aliphatic rings. The third-order valence-corrected chi connectivity index (χ3v) is 4.63. The van der Waals surface area contributed by atoms with E-state index in [2.05, 4.69) is 21.0 Å². The molecule has 0 bridgehead atoms. The first kappa shape index (κ1) is 17.4. The highest BCUT2D eigenvalue weighted by atomic mass is 16.5. The standard InChI is InChI=1S/C22H21N3O2/c1-14(26)16-6-8-17(9-7-16)20-12-24-15(2)25-22(20)27-13-18-11-19(18)21-5-3-4-10-23-21/h3-12,14,19,26H,13H2,1-2H3/t14?,19-/m0/s1. The number of nitrogens with zero attached hydrogens (tertiary/aromatic N) is 3. The second kappa shape index (κ2) is 7.29. The first-order valence-corrected chi connectivity index (χ1v) is 8.98. The lowest BCUT2D eigenvalue weighted by atomic mass is 10.0. The normalized spacial score (nSPS) is 16.6. The molecule has 1 unspecified atom stereocenters. The minimum atomic E-state index is -0.491. The highest BCUT2D eigenvalue weighted by molar-refractivity contribution is 5.68. The van der Waals surface area contributed by atoms with Crippen LogP contribution in [0.25, 0.3) is 11.1 Å². The van der Waals surface area contributed by atoms with E-state index >= 15 is 0 Å². The Morgan fingerprint density at radius 2 is 1.93 bits per heavy atom. The zero-order valence-electron chi connectivity index (χ0n) is 15.3. The molecule has 2 atom stereocenters. The van der Waals surface area contributed by atoms with Crippen LogP contribution in [0.2, 0.25) is 0 Å². The van der Waals surface area contributed by atoms with Crippen LogP contribution in [0, 0.1) is 6.92 Å². The van der Waals surface area contributed by atoms with Crippen molar-refractivity contribution in [2.24, 2.45) is 0 Å². The molecule has 0 amide bonds. The van der Waals surface area contributed by atoms with E-state index in [1.165, 1.54) is 5.57 Å². The van der Waals surface area contributed by atoms with Crippen molar-refractivity contribution < 1.29 is 9.84 Å². The fourth-order valence-corrected chi connectivity index (χ4v) is 2.99. The van der Waals surface area contributed by atoms with Crippen LogP contribution in [-0.2, 0) is 0 Å². The summed E-state index contributed by atoms with van der Waals surface area (Å²) < 4.78 is 6.03. The van der Waals surface area contributed by atoms with Gasteiger partial charge in [-0.15, -0.1) is 0 Å². The molecule has 3 aromatic rings. The summed E-state index contributed by atoms with van der Waals surface area (Å²) in [5.74, 6) is 1.50. The van der Waals surface area contributed by atoms with Crippen LogP contribution in [0.4, 0.5) is 0 Å². The van der Waals surface area contributed by atoms with Crippen molar-refractivity contribution in [2.75, 3.05) is 6.61 Å². The third-order valence-electron chi connectivity index (χ3n) is 4.63. The van der Waals surface area contributed by atoms with Gasteiger partial charge in [-0.3, -0.25) is 4.98 Å². The van der Waals surface area contributed by atoms with E-state index in [4.69, 9.17) is 4.74 Å². The number of hydrogen-bond acceptors (Lipinski definition) is 5. The van der Waals surface area contributed by atoms with Crippen molar-refractivity contribution in [3.05, 3.63) is 83.6 Å². The maximum Gasteiger partial charge on any atom is 0.225 e. The second-order valence-electron chi connectivity index (χ2n) is 6.70. The summed E-state index contributed by atoms with van der Waals surface area (Å²) in [6, 6.07) is 13.7. The minimum Gasteiger partial charge on any atom is -0.473 e. The quantitative estimate of drug-likeness (QED) is 0.674. The molecule has 0 saturated heterocycles. The van der Waals surface area contributed by atoms with Gasteiger partial charge in [0.2, 0.25) is 5.88 Å². The highest BCUT2D eigenvalue weighted by Gasteiger charge is 2.28. The first-order valence-electron chi connectivity index (χ1n) is 8.98. The molecule has 2 aromatic heterocycles. The number of aliphatic hydroxyl groups is 1. The number of allylic oxidation sites excluding steroid dienone is 1. The Labute approximate surface area is 158 Å². The lowest BCUT2D eigenvalue weighted by Gasteiger charge is -2.11. The first-order chi connectivity index (χ1) is 13.1. The molecule has 27 heavy (non-hydrogen) atoms. The third kappa shape index (κ3) is 3.88. The number of pyridine rings is 1. The molecule has 4 rings (SSSR count). The number of ether oxygens (including phenoxy) is 1. The van der Waals surface area contributed by atoms with Crippen molar-refractivity contribution in [3.8, 4) is 17.0 Å². The molecule has 0 aliphatic heterocycles. The Hall–Kier alpha value is -3.05. The van der Waals surface area contributed by atoms with E-state index < -0.39 is 6.10 Å². The average Bonchev–Trinajstić information content (AvgIpc) is 3.47. The van der Waals surface area contributed by atoms with E-state index in [0.717, 1.165) is 22.4 Å². The maximum absolute atomic E-state index is 9.69. The summed E-state index contributed by atoms with van der Waals surface area (Å²) in [6.45, 7) is 4.08. The van der Waals surface area contributed by atoms with Gasteiger partial charge in [-0.2, -0.15) is 4.98 Å². The molecule has 0 fully saturated rings. The summed E-state index contributed by atoms with van der Waals surface area (Å²) in [5, 5.41) is 9.69. The number of aryl methyl sites for hydroxylation is 1. The molecule has 1 aromatic carbocycles. The Morgan fingerprint density at radius 3 is 2.63 bits per heavy atom. The summed E-state index contributed by atoms with van der Waals surface area (Å²) in [4.78, 5) is 13.2. The summed E-state index contributed by atoms with van der Waals surface area (Å²) in [6.07, 6.45) is 5.26. The van der Waals surface area contributed by atoms with Crippen LogP contribution in [0.5, 0.6) is 5.88 Å². The molecule has 0 radical (unpaired) electrons. The van der Waals surface area contributed by atoms with Gasteiger partial charge >= 0.3 is 0 Å². The van der Waals surface area contributed by atoms with Gasteiger partial charge in [0.05, 0.1) is 17.4 Å². The van der Waals surface area contributed by atoms with Crippen molar-refractivity contribution in [1.29, 1.82) is 0 Å². The summed E-state index contributed by atoms with van der Waals surface area (Å²) >= 11 is 0. The molecule has 1 aliphatic carbocycles. The fraction of sp³-hybridized carbons (Fsp3) is 0.227.